The maximum atomic E-state index is 9.61. The fourth-order valence-corrected chi connectivity index (χ4v) is 3.25. The molecule has 1 aliphatic heterocycles. The van der Waals surface area contributed by atoms with E-state index in [1.807, 2.05) is 0 Å². The summed E-state index contributed by atoms with van der Waals surface area (Å²) in [5, 5.41) is 13.0. The largest absolute Gasteiger partial charge is 0.394 e. The van der Waals surface area contributed by atoms with Gasteiger partial charge in [0.25, 0.3) is 0 Å². The van der Waals surface area contributed by atoms with Gasteiger partial charge in [-0.15, -0.1) is 0 Å². The van der Waals surface area contributed by atoms with E-state index in [9.17, 15) is 5.11 Å². The van der Waals surface area contributed by atoms with E-state index in [4.69, 9.17) is 0 Å². The lowest BCUT2D eigenvalue weighted by Crippen LogP contribution is -2.64. The highest BCUT2D eigenvalue weighted by atomic mass is 79.9. The smallest absolute Gasteiger partial charge is 0.0651 e. The van der Waals surface area contributed by atoms with Crippen molar-refractivity contribution >= 4 is 21.6 Å². The van der Waals surface area contributed by atoms with Gasteiger partial charge < -0.3 is 15.3 Å². The van der Waals surface area contributed by atoms with Crippen molar-refractivity contribution in [3.63, 3.8) is 0 Å². The van der Waals surface area contributed by atoms with Gasteiger partial charge in [-0.05, 0) is 44.5 Å². The van der Waals surface area contributed by atoms with Gasteiger partial charge in [0, 0.05) is 28.8 Å². The first kappa shape index (κ1) is 13.8. The normalized spacial score (nSPS) is 23.2. The van der Waals surface area contributed by atoms with Crippen LogP contribution in [0.4, 0.5) is 5.69 Å². The zero-order valence-electron chi connectivity index (χ0n) is 11.2. The summed E-state index contributed by atoms with van der Waals surface area (Å²) in [4.78, 5) is 2.35. The quantitative estimate of drug-likeness (QED) is 0.879. The van der Waals surface area contributed by atoms with Gasteiger partial charge in [0.1, 0.15) is 0 Å². The van der Waals surface area contributed by atoms with Crippen LogP contribution in [0.1, 0.15) is 19.4 Å². The summed E-state index contributed by atoms with van der Waals surface area (Å²) >= 11 is 3.50. The topological polar surface area (TPSA) is 35.5 Å². The van der Waals surface area contributed by atoms with Crippen molar-refractivity contribution in [2.24, 2.45) is 0 Å². The summed E-state index contributed by atoms with van der Waals surface area (Å²) in [5.41, 5.74) is 2.45. The van der Waals surface area contributed by atoms with E-state index in [1.165, 1.54) is 11.3 Å². The number of hydrogen-bond donors (Lipinski definition) is 2. The minimum absolute atomic E-state index is 0.00420. The van der Waals surface area contributed by atoms with Crippen LogP contribution in [-0.2, 0) is 0 Å². The molecule has 0 saturated carbocycles. The van der Waals surface area contributed by atoms with E-state index in [0.717, 1.165) is 17.6 Å². The molecule has 0 amide bonds. The Morgan fingerprint density at radius 3 is 2.83 bits per heavy atom. The average molecular weight is 313 g/mol. The van der Waals surface area contributed by atoms with Crippen LogP contribution >= 0.6 is 15.9 Å². The monoisotopic (exact) mass is 312 g/mol. The Balaban J connectivity index is 2.43. The molecule has 0 spiro atoms. The van der Waals surface area contributed by atoms with Gasteiger partial charge in [0.05, 0.1) is 12.6 Å². The maximum Gasteiger partial charge on any atom is 0.0651 e. The third-order valence-electron chi connectivity index (χ3n) is 3.58. The zero-order chi connectivity index (χ0) is 13.3. The molecule has 0 bridgehead atoms. The number of aliphatic hydroxyl groups is 1. The van der Waals surface area contributed by atoms with Crippen LogP contribution in [0, 0.1) is 6.92 Å². The lowest BCUT2D eigenvalue weighted by molar-refractivity contribution is 0.212. The molecule has 100 valence electrons. The highest BCUT2D eigenvalue weighted by molar-refractivity contribution is 9.10. The molecule has 1 fully saturated rings. The first-order chi connectivity index (χ1) is 8.45. The van der Waals surface area contributed by atoms with E-state index in [0.29, 0.717) is 0 Å². The molecule has 1 unspecified atom stereocenters. The van der Waals surface area contributed by atoms with E-state index in [1.54, 1.807) is 0 Å². The van der Waals surface area contributed by atoms with Gasteiger partial charge in [0.2, 0.25) is 0 Å². The van der Waals surface area contributed by atoms with E-state index >= 15 is 0 Å². The zero-order valence-corrected chi connectivity index (χ0v) is 12.8. The first-order valence-corrected chi connectivity index (χ1v) is 7.12. The van der Waals surface area contributed by atoms with Crippen molar-refractivity contribution in [2.45, 2.75) is 32.4 Å². The number of benzene rings is 1. The number of piperazine rings is 1. The van der Waals surface area contributed by atoms with Crippen molar-refractivity contribution in [3.8, 4) is 0 Å². The van der Waals surface area contributed by atoms with Crippen LogP contribution in [0.5, 0.6) is 0 Å². The van der Waals surface area contributed by atoms with Gasteiger partial charge in [0.15, 0.2) is 0 Å². The molecular weight excluding hydrogens is 292 g/mol. The molecule has 2 rings (SSSR count). The van der Waals surface area contributed by atoms with Crippen LogP contribution in [0.25, 0.3) is 0 Å². The average Bonchev–Trinajstić information content (AvgIpc) is 2.29. The van der Waals surface area contributed by atoms with E-state index in [-0.39, 0.29) is 18.2 Å². The van der Waals surface area contributed by atoms with Gasteiger partial charge in [-0.3, -0.25) is 0 Å². The van der Waals surface area contributed by atoms with Crippen LogP contribution in [0.15, 0.2) is 22.7 Å². The molecule has 4 heteroatoms. The lowest BCUT2D eigenvalue weighted by Gasteiger charge is -2.49. The van der Waals surface area contributed by atoms with Crippen molar-refractivity contribution in [2.75, 3.05) is 24.6 Å². The molecule has 0 aliphatic carbocycles. The second-order valence-electron chi connectivity index (χ2n) is 5.58. The molecule has 1 heterocycles. The summed E-state index contributed by atoms with van der Waals surface area (Å²) in [7, 11) is 0. The van der Waals surface area contributed by atoms with E-state index in [2.05, 4.69) is 65.1 Å². The number of hydrogen-bond acceptors (Lipinski definition) is 3. The Morgan fingerprint density at radius 1 is 1.50 bits per heavy atom. The van der Waals surface area contributed by atoms with Crippen molar-refractivity contribution in [1.82, 2.24) is 5.32 Å². The fraction of sp³-hybridized carbons (Fsp3) is 0.571. The molecular formula is C14H21BrN2O. The summed E-state index contributed by atoms with van der Waals surface area (Å²) in [6.07, 6.45) is 0. The number of rotatable bonds is 2. The highest BCUT2D eigenvalue weighted by Gasteiger charge is 2.36. The van der Waals surface area contributed by atoms with Crippen LogP contribution < -0.4 is 10.2 Å². The molecule has 2 N–H and O–H groups in total. The molecule has 1 saturated heterocycles. The van der Waals surface area contributed by atoms with Crippen LogP contribution in [-0.4, -0.2) is 36.4 Å². The molecule has 0 radical (unpaired) electrons. The van der Waals surface area contributed by atoms with Gasteiger partial charge >= 0.3 is 0 Å². The van der Waals surface area contributed by atoms with Gasteiger partial charge in [-0.25, -0.2) is 0 Å². The van der Waals surface area contributed by atoms with Crippen molar-refractivity contribution < 1.29 is 5.11 Å². The fourth-order valence-electron chi connectivity index (χ4n) is 2.77. The molecule has 1 aromatic carbocycles. The Kier molecular flexibility index (Phi) is 3.99. The highest BCUT2D eigenvalue weighted by Crippen LogP contribution is 2.32. The molecule has 18 heavy (non-hydrogen) atoms. The number of aliphatic hydroxyl groups excluding tert-OH is 1. The predicted molar refractivity (Wildman–Crippen MR) is 79.2 cm³/mol. The molecule has 1 aromatic rings. The van der Waals surface area contributed by atoms with Gasteiger partial charge in [-0.2, -0.15) is 0 Å². The lowest BCUT2D eigenvalue weighted by atomic mass is 9.94. The predicted octanol–water partition coefficient (Wildman–Crippen LogP) is 2.31. The Morgan fingerprint density at radius 2 is 2.22 bits per heavy atom. The third kappa shape index (κ3) is 2.56. The summed E-state index contributed by atoms with van der Waals surface area (Å²) in [5.74, 6) is 0. The minimum atomic E-state index is 0.00420. The Labute approximate surface area is 117 Å². The molecule has 0 aromatic heterocycles. The van der Waals surface area contributed by atoms with Gasteiger partial charge in [-0.1, -0.05) is 15.9 Å². The first-order valence-electron chi connectivity index (χ1n) is 6.33. The summed E-state index contributed by atoms with van der Waals surface area (Å²) in [6.45, 7) is 8.47. The molecule has 3 nitrogen and oxygen atoms in total. The molecule has 1 aliphatic rings. The number of nitrogens with zero attached hydrogens (tertiary/aromatic N) is 1. The standard InChI is InChI=1S/C14H21BrN2O/c1-10-6-11(15)4-5-13(10)17-12(8-18)7-16-9-14(17,2)3/h4-6,12,16,18H,7-9H2,1-3H3. The van der Waals surface area contributed by atoms with Crippen molar-refractivity contribution in [3.05, 3.63) is 28.2 Å². The van der Waals surface area contributed by atoms with Crippen LogP contribution in [0.2, 0.25) is 0 Å². The number of anilines is 1. The summed E-state index contributed by atoms with van der Waals surface area (Å²) < 4.78 is 1.09. The van der Waals surface area contributed by atoms with Crippen LogP contribution in [0.3, 0.4) is 0 Å². The maximum absolute atomic E-state index is 9.61. The van der Waals surface area contributed by atoms with E-state index < -0.39 is 0 Å². The third-order valence-corrected chi connectivity index (χ3v) is 4.08. The Hall–Kier alpha value is -0.580. The minimum Gasteiger partial charge on any atom is -0.394 e. The summed E-state index contributed by atoms with van der Waals surface area (Å²) in [6, 6.07) is 6.46. The number of halogens is 1. The van der Waals surface area contributed by atoms with Crippen molar-refractivity contribution in [1.29, 1.82) is 0 Å². The SMILES string of the molecule is Cc1cc(Br)ccc1N1C(CO)CNCC1(C)C. The number of nitrogens with one attached hydrogen (secondary N) is 1. The molecule has 1 atom stereocenters. The second kappa shape index (κ2) is 5.19. The second-order valence-corrected chi connectivity index (χ2v) is 6.50. The number of aryl methyl sites for hydroxylation is 1. The Bertz CT molecular complexity index is 434.